The van der Waals surface area contributed by atoms with Gasteiger partial charge in [-0.1, -0.05) is 0 Å². The molecular formula is C15H18N4O2. The van der Waals surface area contributed by atoms with Crippen LogP contribution in [0, 0.1) is 6.92 Å². The van der Waals surface area contributed by atoms with Gasteiger partial charge in [0.05, 0.1) is 24.5 Å². The van der Waals surface area contributed by atoms with Gasteiger partial charge in [0, 0.05) is 18.2 Å². The van der Waals surface area contributed by atoms with Crippen molar-refractivity contribution >= 4 is 6.03 Å². The summed E-state index contributed by atoms with van der Waals surface area (Å²) < 4.78 is 5.42. The minimum absolute atomic E-state index is 0.0274. The number of hydrogen-bond acceptors (Lipinski definition) is 4. The fourth-order valence-electron chi connectivity index (χ4n) is 2.62. The standard InChI is InChI=1S/C15H18N4O2/c1-10-16-7-5-11(18-10)9-17-15(20)19-13-3-2-4-14-12(13)6-8-21-14/h5-8,13H,2-4,9H2,1H3,(H2,17,19,20)/t13-/m1/s1. The van der Waals surface area contributed by atoms with E-state index >= 15 is 0 Å². The number of furan rings is 1. The highest BCUT2D eigenvalue weighted by molar-refractivity contribution is 5.74. The molecule has 1 aliphatic carbocycles. The number of fused-ring (bicyclic) bond motifs is 1. The number of nitrogens with one attached hydrogen (secondary N) is 2. The first kappa shape index (κ1) is 13.6. The highest BCUT2D eigenvalue weighted by Crippen LogP contribution is 2.30. The molecule has 0 saturated carbocycles. The van der Waals surface area contributed by atoms with Crippen LogP contribution in [0.25, 0.3) is 0 Å². The van der Waals surface area contributed by atoms with Crippen LogP contribution in [0.15, 0.2) is 29.0 Å². The molecule has 2 aromatic rings. The average Bonchev–Trinajstić information content (AvgIpc) is 2.95. The van der Waals surface area contributed by atoms with Crippen molar-refractivity contribution in [2.45, 2.75) is 38.8 Å². The maximum atomic E-state index is 12.0. The van der Waals surface area contributed by atoms with Crippen molar-refractivity contribution in [2.24, 2.45) is 0 Å². The van der Waals surface area contributed by atoms with Crippen molar-refractivity contribution < 1.29 is 9.21 Å². The van der Waals surface area contributed by atoms with Gasteiger partial charge >= 0.3 is 6.03 Å². The summed E-state index contributed by atoms with van der Waals surface area (Å²) in [5, 5.41) is 5.82. The lowest BCUT2D eigenvalue weighted by atomic mass is 9.93. The first-order valence-electron chi connectivity index (χ1n) is 7.11. The van der Waals surface area contributed by atoms with Crippen molar-refractivity contribution in [1.82, 2.24) is 20.6 Å². The lowest BCUT2D eigenvalue weighted by Crippen LogP contribution is -2.38. The Morgan fingerprint density at radius 1 is 1.48 bits per heavy atom. The molecular weight excluding hydrogens is 268 g/mol. The Kier molecular flexibility index (Phi) is 3.85. The van der Waals surface area contributed by atoms with Crippen LogP contribution in [0.3, 0.4) is 0 Å². The van der Waals surface area contributed by atoms with Gasteiger partial charge in [-0.3, -0.25) is 0 Å². The second kappa shape index (κ2) is 5.95. The molecule has 0 bridgehead atoms. The molecule has 0 spiro atoms. The number of amides is 2. The van der Waals surface area contributed by atoms with Crippen molar-refractivity contribution in [2.75, 3.05) is 0 Å². The molecule has 0 aromatic carbocycles. The molecule has 0 radical (unpaired) electrons. The molecule has 2 N–H and O–H groups in total. The number of nitrogens with zero attached hydrogens (tertiary/aromatic N) is 2. The van der Waals surface area contributed by atoms with Crippen LogP contribution in [-0.4, -0.2) is 16.0 Å². The lowest BCUT2D eigenvalue weighted by Gasteiger charge is -2.22. The molecule has 2 heterocycles. The monoisotopic (exact) mass is 286 g/mol. The third-order valence-corrected chi connectivity index (χ3v) is 3.62. The van der Waals surface area contributed by atoms with Crippen LogP contribution < -0.4 is 10.6 Å². The summed E-state index contributed by atoms with van der Waals surface area (Å²) in [4.78, 5) is 20.3. The Morgan fingerprint density at radius 2 is 2.38 bits per heavy atom. The molecule has 0 unspecified atom stereocenters. The van der Waals surface area contributed by atoms with E-state index < -0.39 is 0 Å². The number of hydrogen-bond donors (Lipinski definition) is 2. The minimum Gasteiger partial charge on any atom is -0.469 e. The normalized spacial score (nSPS) is 17.1. The zero-order valence-corrected chi connectivity index (χ0v) is 11.9. The van der Waals surface area contributed by atoms with E-state index in [4.69, 9.17) is 4.42 Å². The Labute approximate surface area is 123 Å². The first-order valence-corrected chi connectivity index (χ1v) is 7.11. The summed E-state index contributed by atoms with van der Waals surface area (Å²) in [6.07, 6.45) is 6.29. The molecule has 0 fully saturated rings. The summed E-state index contributed by atoms with van der Waals surface area (Å²) in [7, 11) is 0. The van der Waals surface area contributed by atoms with E-state index in [1.165, 1.54) is 0 Å². The van der Waals surface area contributed by atoms with E-state index in [-0.39, 0.29) is 12.1 Å². The molecule has 2 amide bonds. The largest absolute Gasteiger partial charge is 0.469 e. The van der Waals surface area contributed by atoms with Crippen molar-refractivity contribution in [3.8, 4) is 0 Å². The maximum Gasteiger partial charge on any atom is 0.315 e. The van der Waals surface area contributed by atoms with Crippen LogP contribution in [0.5, 0.6) is 0 Å². The molecule has 3 rings (SSSR count). The summed E-state index contributed by atoms with van der Waals surface area (Å²) in [5.41, 5.74) is 1.89. The van der Waals surface area contributed by atoms with E-state index in [2.05, 4.69) is 20.6 Å². The lowest BCUT2D eigenvalue weighted by molar-refractivity contribution is 0.234. The quantitative estimate of drug-likeness (QED) is 0.907. The summed E-state index contributed by atoms with van der Waals surface area (Å²) in [6, 6.07) is 3.57. The van der Waals surface area contributed by atoms with Gasteiger partial charge in [-0.05, 0) is 31.9 Å². The summed E-state index contributed by atoms with van der Waals surface area (Å²) in [6.45, 7) is 2.21. The second-order valence-electron chi connectivity index (χ2n) is 5.17. The highest BCUT2D eigenvalue weighted by atomic mass is 16.3. The molecule has 110 valence electrons. The summed E-state index contributed by atoms with van der Waals surface area (Å²) in [5.74, 6) is 1.68. The fourth-order valence-corrected chi connectivity index (χ4v) is 2.62. The molecule has 0 saturated heterocycles. The number of aryl methyl sites for hydroxylation is 2. The molecule has 21 heavy (non-hydrogen) atoms. The van der Waals surface area contributed by atoms with Crippen molar-refractivity contribution in [3.05, 3.63) is 47.4 Å². The van der Waals surface area contributed by atoms with Gasteiger partial charge in [0.25, 0.3) is 0 Å². The smallest absolute Gasteiger partial charge is 0.315 e. The topological polar surface area (TPSA) is 80.0 Å². The minimum atomic E-state index is -0.190. The van der Waals surface area contributed by atoms with Gasteiger partial charge in [0.15, 0.2) is 0 Å². The highest BCUT2D eigenvalue weighted by Gasteiger charge is 2.23. The number of rotatable bonds is 3. The summed E-state index contributed by atoms with van der Waals surface area (Å²) >= 11 is 0. The van der Waals surface area contributed by atoms with Crippen molar-refractivity contribution in [3.63, 3.8) is 0 Å². The fraction of sp³-hybridized carbons (Fsp3) is 0.400. The van der Waals surface area contributed by atoms with Gasteiger partial charge in [-0.25, -0.2) is 14.8 Å². The number of aromatic nitrogens is 2. The van der Waals surface area contributed by atoms with Gasteiger partial charge in [0.1, 0.15) is 11.6 Å². The van der Waals surface area contributed by atoms with Crippen LogP contribution in [0.2, 0.25) is 0 Å². The van der Waals surface area contributed by atoms with Crippen LogP contribution in [-0.2, 0) is 13.0 Å². The maximum absolute atomic E-state index is 12.0. The molecule has 0 aliphatic heterocycles. The van der Waals surface area contributed by atoms with Crippen LogP contribution in [0.4, 0.5) is 4.79 Å². The zero-order chi connectivity index (χ0) is 14.7. The molecule has 1 aliphatic rings. The first-order chi connectivity index (χ1) is 10.2. The van der Waals surface area contributed by atoms with E-state index in [0.29, 0.717) is 12.4 Å². The number of urea groups is 1. The Hall–Kier alpha value is -2.37. The molecule has 6 nitrogen and oxygen atoms in total. The van der Waals surface area contributed by atoms with Gasteiger partial charge < -0.3 is 15.1 Å². The van der Waals surface area contributed by atoms with Gasteiger partial charge in [-0.2, -0.15) is 0 Å². The van der Waals surface area contributed by atoms with Crippen LogP contribution >= 0.6 is 0 Å². The Balaban J connectivity index is 1.56. The molecule has 1 atom stereocenters. The van der Waals surface area contributed by atoms with Gasteiger partial charge in [0.2, 0.25) is 0 Å². The Morgan fingerprint density at radius 3 is 3.24 bits per heavy atom. The average molecular weight is 286 g/mol. The number of carbonyl (C=O) groups is 1. The predicted molar refractivity (Wildman–Crippen MR) is 76.5 cm³/mol. The third-order valence-electron chi connectivity index (χ3n) is 3.62. The van der Waals surface area contributed by atoms with E-state index in [9.17, 15) is 4.79 Å². The molecule has 2 aromatic heterocycles. The SMILES string of the molecule is Cc1nccc(CNC(=O)N[C@@H]2CCCc3occc32)n1. The number of carbonyl (C=O) groups excluding carboxylic acids is 1. The van der Waals surface area contributed by atoms with Crippen LogP contribution in [0.1, 0.15) is 41.7 Å². The van der Waals surface area contributed by atoms with Gasteiger partial charge in [-0.15, -0.1) is 0 Å². The van der Waals surface area contributed by atoms with E-state index in [0.717, 1.165) is 36.3 Å². The zero-order valence-electron chi connectivity index (χ0n) is 11.9. The van der Waals surface area contributed by atoms with Crippen molar-refractivity contribution in [1.29, 1.82) is 0 Å². The molecule has 6 heteroatoms. The Bertz CT molecular complexity index is 638. The third kappa shape index (κ3) is 3.21. The van der Waals surface area contributed by atoms with E-state index in [1.807, 2.05) is 13.0 Å². The predicted octanol–water partition coefficient (Wildman–Crippen LogP) is 2.25. The second-order valence-corrected chi connectivity index (χ2v) is 5.17. The van der Waals surface area contributed by atoms with E-state index in [1.54, 1.807) is 18.5 Å².